The van der Waals surface area contributed by atoms with Crippen molar-refractivity contribution in [1.82, 2.24) is 0 Å². The van der Waals surface area contributed by atoms with Crippen molar-refractivity contribution in [1.29, 1.82) is 0 Å². The minimum Gasteiger partial charge on any atom is -0.317 e. The van der Waals surface area contributed by atoms with Crippen molar-refractivity contribution in [2.75, 3.05) is 26.2 Å². The Labute approximate surface area is 158 Å². The smallest absolute Gasteiger partial charge is 0.191 e. The van der Waals surface area contributed by atoms with Crippen LogP contribution in [0.5, 0.6) is 0 Å². The summed E-state index contributed by atoms with van der Waals surface area (Å²) in [6.07, 6.45) is 3.04. The number of nitrogens with zero attached hydrogens (tertiary/aromatic N) is 1. The first-order chi connectivity index (χ1) is 12.5. The lowest BCUT2D eigenvalue weighted by Crippen LogP contribution is -2.56. The summed E-state index contributed by atoms with van der Waals surface area (Å²) in [7, 11) is 0. The zero-order valence-corrected chi connectivity index (χ0v) is 16.5. The maximum Gasteiger partial charge on any atom is 0.191 e. The zero-order chi connectivity index (χ0) is 18.6. The number of ketones is 1. The van der Waals surface area contributed by atoms with Crippen LogP contribution in [0.1, 0.15) is 47.9 Å². The van der Waals surface area contributed by atoms with Gasteiger partial charge in [0.15, 0.2) is 5.78 Å². The van der Waals surface area contributed by atoms with Crippen molar-refractivity contribution in [3.05, 3.63) is 70.8 Å². The Kier molecular flexibility index (Phi) is 5.93. The molecule has 1 saturated heterocycles. The molecule has 2 aromatic carbocycles. The number of aryl methyl sites for hydroxylation is 2. The maximum absolute atomic E-state index is 13.0. The number of rotatable bonds is 6. The zero-order valence-electron chi connectivity index (χ0n) is 16.5. The van der Waals surface area contributed by atoms with Gasteiger partial charge in [-0.1, -0.05) is 48.5 Å². The van der Waals surface area contributed by atoms with Crippen molar-refractivity contribution in [2.45, 2.75) is 46.0 Å². The number of piperidine rings is 1. The van der Waals surface area contributed by atoms with Gasteiger partial charge in [0.05, 0.1) is 19.6 Å². The van der Waals surface area contributed by atoms with Crippen molar-refractivity contribution in [2.24, 2.45) is 0 Å². The number of hydrogen-bond acceptors (Lipinski definition) is 1. The number of likely N-dealkylation sites (tertiary alicyclic amines) is 1. The lowest BCUT2D eigenvalue weighted by atomic mass is 9.88. The van der Waals surface area contributed by atoms with Crippen LogP contribution in [0.25, 0.3) is 0 Å². The first-order valence-corrected chi connectivity index (χ1v) is 10.00. The molecule has 0 spiro atoms. The summed E-state index contributed by atoms with van der Waals surface area (Å²) in [6, 6.07) is 17.2. The van der Waals surface area contributed by atoms with Crippen LogP contribution in [0.4, 0.5) is 0 Å². The molecular weight excluding hydrogens is 318 g/mol. The number of quaternary nitrogens is 1. The third-order valence-corrected chi connectivity index (χ3v) is 6.26. The van der Waals surface area contributed by atoms with Gasteiger partial charge in [0.2, 0.25) is 0 Å². The van der Waals surface area contributed by atoms with Gasteiger partial charge in [0.25, 0.3) is 0 Å². The van der Waals surface area contributed by atoms with Gasteiger partial charge in [-0.2, -0.15) is 0 Å². The van der Waals surface area contributed by atoms with Gasteiger partial charge in [-0.3, -0.25) is 4.79 Å². The lowest BCUT2D eigenvalue weighted by molar-refractivity contribution is -0.924. The fourth-order valence-corrected chi connectivity index (χ4v) is 4.62. The van der Waals surface area contributed by atoms with E-state index in [2.05, 4.69) is 69.3 Å². The second kappa shape index (κ2) is 8.18. The molecule has 2 aromatic rings. The molecule has 1 aliphatic heterocycles. The van der Waals surface area contributed by atoms with E-state index in [4.69, 9.17) is 0 Å². The topological polar surface area (TPSA) is 17.1 Å². The number of likely N-dealkylation sites (N-methyl/N-ethyl adjacent to an activating group) is 1. The average molecular weight is 351 g/mol. The van der Waals surface area contributed by atoms with Crippen LogP contribution in [-0.2, 0) is 11.2 Å². The molecule has 2 atom stereocenters. The van der Waals surface area contributed by atoms with Crippen LogP contribution in [0.15, 0.2) is 48.5 Å². The van der Waals surface area contributed by atoms with Crippen LogP contribution in [0.3, 0.4) is 0 Å². The molecule has 0 amide bonds. The Morgan fingerprint density at radius 2 is 1.73 bits per heavy atom. The number of benzene rings is 2. The van der Waals surface area contributed by atoms with E-state index in [1.807, 2.05) is 0 Å². The summed E-state index contributed by atoms with van der Waals surface area (Å²) in [5, 5.41) is 0. The van der Waals surface area contributed by atoms with Crippen LogP contribution < -0.4 is 0 Å². The van der Waals surface area contributed by atoms with E-state index in [-0.39, 0.29) is 0 Å². The average Bonchev–Trinajstić information content (AvgIpc) is 2.66. The molecule has 2 heteroatoms. The maximum atomic E-state index is 13.0. The molecule has 1 aliphatic rings. The second-order valence-electron chi connectivity index (χ2n) is 8.06. The molecule has 2 nitrogen and oxygen atoms in total. The molecule has 2 unspecified atom stereocenters. The summed E-state index contributed by atoms with van der Waals surface area (Å²) in [4.78, 5) is 13.0. The van der Waals surface area contributed by atoms with E-state index in [1.165, 1.54) is 35.1 Å². The van der Waals surface area contributed by atoms with Crippen molar-refractivity contribution in [3.8, 4) is 0 Å². The van der Waals surface area contributed by atoms with Crippen molar-refractivity contribution >= 4 is 5.78 Å². The SMILES string of the molecule is CC[N+]1(CC(=O)Cc2c(C)cccc2C)CCCC(c2ccccc2)C1. The van der Waals surface area contributed by atoms with Crippen LogP contribution >= 0.6 is 0 Å². The first kappa shape index (κ1) is 18.8. The van der Waals surface area contributed by atoms with Crippen LogP contribution in [-0.4, -0.2) is 36.4 Å². The Hall–Kier alpha value is -1.93. The van der Waals surface area contributed by atoms with E-state index in [1.54, 1.807) is 0 Å². The molecule has 0 aliphatic carbocycles. The Balaban J connectivity index is 1.72. The molecule has 1 heterocycles. The molecule has 0 saturated carbocycles. The molecule has 3 rings (SSSR count). The van der Waals surface area contributed by atoms with Gasteiger partial charge >= 0.3 is 0 Å². The Morgan fingerprint density at radius 1 is 1.04 bits per heavy atom. The lowest BCUT2D eigenvalue weighted by Gasteiger charge is -2.43. The number of hydrogen-bond donors (Lipinski definition) is 0. The molecule has 0 N–H and O–H groups in total. The summed E-state index contributed by atoms with van der Waals surface area (Å²) < 4.78 is 0.948. The molecule has 1 fully saturated rings. The minimum absolute atomic E-state index is 0.387. The van der Waals surface area contributed by atoms with Crippen molar-refractivity contribution < 1.29 is 9.28 Å². The van der Waals surface area contributed by atoms with E-state index in [0.29, 0.717) is 24.7 Å². The predicted molar refractivity (Wildman–Crippen MR) is 108 cm³/mol. The fourth-order valence-electron chi connectivity index (χ4n) is 4.62. The first-order valence-electron chi connectivity index (χ1n) is 10.00. The van der Waals surface area contributed by atoms with Gasteiger partial charge in [-0.25, -0.2) is 0 Å². The summed E-state index contributed by atoms with van der Waals surface area (Å²) in [6.45, 7) is 10.4. The third kappa shape index (κ3) is 4.24. The summed E-state index contributed by atoms with van der Waals surface area (Å²) >= 11 is 0. The summed E-state index contributed by atoms with van der Waals surface area (Å²) in [5.41, 5.74) is 5.14. The summed E-state index contributed by atoms with van der Waals surface area (Å²) in [5.74, 6) is 0.968. The van der Waals surface area contributed by atoms with E-state index in [0.717, 1.165) is 24.1 Å². The van der Waals surface area contributed by atoms with Gasteiger partial charge in [0, 0.05) is 12.3 Å². The second-order valence-corrected chi connectivity index (χ2v) is 8.06. The Bertz CT molecular complexity index is 732. The van der Waals surface area contributed by atoms with Gasteiger partial charge in [-0.05, 0) is 55.9 Å². The molecule has 0 bridgehead atoms. The molecular formula is C24H32NO+. The number of carbonyl (C=O) groups excluding carboxylic acids is 1. The quantitative estimate of drug-likeness (QED) is 0.682. The fraction of sp³-hybridized carbons (Fsp3) is 0.458. The highest BCUT2D eigenvalue weighted by molar-refractivity contribution is 5.82. The third-order valence-electron chi connectivity index (χ3n) is 6.26. The molecule has 26 heavy (non-hydrogen) atoms. The standard InChI is InChI=1S/C24H32NO/c1-4-25(15-9-14-22(17-25)21-12-6-5-7-13-21)18-23(26)16-24-19(2)10-8-11-20(24)3/h5-8,10-13,22H,4,9,14-18H2,1-3H3/q+1. The number of Topliss-reactive ketones (excluding diaryl/α,β-unsaturated/α-hetero) is 1. The highest BCUT2D eigenvalue weighted by Crippen LogP contribution is 2.31. The van der Waals surface area contributed by atoms with Crippen molar-refractivity contribution in [3.63, 3.8) is 0 Å². The molecule has 0 aromatic heterocycles. The monoisotopic (exact) mass is 350 g/mol. The Morgan fingerprint density at radius 3 is 2.38 bits per heavy atom. The highest BCUT2D eigenvalue weighted by Gasteiger charge is 2.36. The van der Waals surface area contributed by atoms with Crippen LogP contribution in [0, 0.1) is 13.8 Å². The van der Waals surface area contributed by atoms with E-state index in [9.17, 15) is 4.79 Å². The van der Waals surface area contributed by atoms with Gasteiger partial charge in [-0.15, -0.1) is 0 Å². The molecule has 0 radical (unpaired) electrons. The van der Waals surface area contributed by atoms with Crippen LogP contribution in [0.2, 0.25) is 0 Å². The van der Waals surface area contributed by atoms with E-state index < -0.39 is 0 Å². The minimum atomic E-state index is 0.387. The van der Waals surface area contributed by atoms with E-state index >= 15 is 0 Å². The molecule has 138 valence electrons. The predicted octanol–water partition coefficient (Wildman–Crippen LogP) is 4.83. The normalized spacial score (nSPS) is 23.0. The van der Waals surface area contributed by atoms with Gasteiger partial charge in [0.1, 0.15) is 6.54 Å². The van der Waals surface area contributed by atoms with Gasteiger partial charge < -0.3 is 4.48 Å². The highest BCUT2D eigenvalue weighted by atomic mass is 16.1. The number of carbonyl (C=O) groups is 1. The largest absolute Gasteiger partial charge is 0.317 e.